The molecule has 1 aliphatic heterocycles. The summed E-state index contributed by atoms with van der Waals surface area (Å²) in [5, 5.41) is 2.94. The van der Waals surface area contributed by atoms with Crippen LogP contribution >= 0.6 is 0 Å². The first-order valence-electron chi connectivity index (χ1n) is 7.14. The Labute approximate surface area is 120 Å². The average Bonchev–Trinajstić information content (AvgIpc) is 2.53. The summed E-state index contributed by atoms with van der Waals surface area (Å²) >= 11 is 0. The van der Waals surface area contributed by atoms with E-state index in [0.29, 0.717) is 23.9 Å². The predicted molar refractivity (Wildman–Crippen MR) is 79.5 cm³/mol. The molecule has 1 unspecified atom stereocenters. The number of hydrogen-bond donors (Lipinski definition) is 1. The fourth-order valence-corrected chi connectivity index (χ4v) is 2.31. The molecule has 0 bridgehead atoms. The highest BCUT2D eigenvalue weighted by molar-refractivity contribution is 5.38. The van der Waals surface area contributed by atoms with Crippen molar-refractivity contribution in [1.82, 2.24) is 19.9 Å². The summed E-state index contributed by atoms with van der Waals surface area (Å²) in [5.74, 6) is 1.22. The van der Waals surface area contributed by atoms with Crippen LogP contribution in [0.3, 0.4) is 0 Å². The van der Waals surface area contributed by atoms with Gasteiger partial charge in [0.1, 0.15) is 0 Å². The summed E-state index contributed by atoms with van der Waals surface area (Å²) in [6, 6.07) is 0.988. The van der Waals surface area contributed by atoms with Crippen molar-refractivity contribution in [2.45, 2.75) is 26.3 Å². The van der Waals surface area contributed by atoms with E-state index in [1.54, 1.807) is 14.2 Å². The molecule has 2 rings (SSSR count). The summed E-state index contributed by atoms with van der Waals surface area (Å²) in [5.41, 5.74) is 0. The number of aromatic nitrogens is 3. The van der Waals surface area contributed by atoms with Crippen molar-refractivity contribution < 1.29 is 4.74 Å². The number of nitrogens with one attached hydrogen (secondary N) is 1. The molecule has 0 radical (unpaired) electrons. The smallest absolute Gasteiger partial charge is 0.322 e. The zero-order valence-electron chi connectivity index (χ0n) is 12.8. The maximum atomic E-state index is 5.13. The van der Waals surface area contributed by atoms with Gasteiger partial charge >= 0.3 is 6.01 Å². The highest BCUT2D eigenvalue weighted by Crippen LogP contribution is 2.17. The van der Waals surface area contributed by atoms with Crippen molar-refractivity contribution in [3.05, 3.63) is 0 Å². The van der Waals surface area contributed by atoms with Crippen LogP contribution in [-0.4, -0.2) is 66.2 Å². The minimum absolute atomic E-state index is 0.351. The van der Waals surface area contributed by atoms with Gasteiger partial charge in [-0.2, -0.15) is 15.0 Å². The largest absolute Gasteiger partial charge is 0.467 e. The third-order valence-corrected chi connectivity index (χ3v) is 3.82. The second-order valence-electron chi connectivity index (χ2n) is 4.98. The predicted octanol–water partition coefficient (Wildman–Crippen LogP) is 0.842. The molecular formula is C13H24N6O. The average molecular weight is 280 g/mol. The molecule has 1 N–H and O–H groups in total. The van der Waals surface area contributed by atoms with Gasteiger partial charge in [0, 0.05) is 39.3 Å². The van der Waals surface area contributed by atoms with E-state index >= 15 is 0 Å². The number of piperazine rings is 1. The number of hydrogen-bond acceptors (Lipinski definition) is 7. The van der Waals surface area contributed by atoms with E-state index in [4.69, 9.17) is 4.74 Å². The lowest BCUT2D eigenvalue weighted by atomic mass is 10.2. The monoisotopic (exact) mass is 280 g/mol. The molecule has 1 fully saturated rings. The molecule has 2 heterocycles. The van der Waals surface area contributed by atoms with Gasteiger partial charge in [-0.3, -0.25) is 4.90 Å². The lowest BCUT2D eigenvalue weighted by molar-refractivity contribution is 0.192. The van der Waals surface area contributed by atoms with E-state index in [0.717, 1.165) is 26.2 Å². The van der Waals surface area contributed by atoms with E-state index in [1.165, 1.54) is 6.42 Å². The van der Waals surface area contributed by atoms with Gasteiger partial charge in [0.15, 0.2) is 0 Å². The standard InChI is InChI=1S/C13H24N6O/c1-5-10(2)18-6-8-19(9-7-18)12-15-11(14-3)16-13(17-12)20-4/h10H,5-9H2,1-4H3,(H,14,15,16,17). The van der Waals surface area contributed by atoms with Crippen LogP contribution in [0.1, 0.15) is 20.3 Å². The van der Waals surface area contributed by atoms with Crippen molar-refractivity contribution >= 4 is 11.9 Å². The van der Waals surface area contributed by atoms with E-state index < -0.39 is 0 Å². The second kappa shape index (κ2) is 6.69. The third-order valence-electron chi connectivity index (χ3n) is 3.82. The van der Waals surface area contributed by atoms with Crippen LogP contribution in [0.4, 0.5) is 11.9 Å². The molecule has 0 saturated carbocycles. The van der Waals surface area contributed by atoms with Crippen LogP contribution in [-0.2, 0) is 0 Å². The van der Waals surface area contributed by atoms with Crippen molar-refractivity contribution in [2.24, 2.45) is 0 Å². The molecule has 20 heavy (non-hydrogen) atoms. The van der Waals surface area contributed by atoms with E-state index in [-0.39, 0.29) is 0 Å². The Morgan fingerprint density at radius 1 is 1.20 bits per heavy atom. The number of nitrogens with zero attached hydrogens (tertiary/aromatic N) is 5. The van der Waals surface area contributed by atoms with Gasteiger partial charge in [0.05, 0.1) is 7.11 Å². The Morgan fingerprint density at radius 2 is 1.90 bits per heavy atom. The van der Waals surface area contributed by atoms with Gasteiger partial charge in [-0.1, -0.05) is 6.92 Å². The van der Waals surface area contributed by atoms with Crippen molar-refractivity contribution in [3.63, 3.8) is 0 Å². The van der Waals surface area contributed by atoms with Gasteiger partial charge in [-0.15, -0.1) is 0 Å². The third kappa shape index (κ3) is 3.27. The first-order valence-corrected chi connectivity index (χ1v) is 7.14. The molecule has 7 nitrogen and oxygen atoms in total. The first kappa shape index (κ1) is 14.8. The molecule has 1 atom stereocenters. The topological polar surface area (TPSA) is 66.4 Å². The van der Waals surface area contributed by atoms with Gasteiger partial charge in [-0.25, -0.2) is 0 Å². The lowest BCUT2D eigenvalue weighted by Crippen LogP contribution is -2.50. The van der Waals surface area contributed by atoms with Crippen LogP contribution in [0, 0.1) is 0 Å². The quantitative estimate of drug-likeness (QED) is 0.857. The SMILES string of the molecule is CCC(C)N1CCN(c2nc(NC)nc(OC)n2)CC1. The number of methoxy groups -OCH3 is 1. The van der Waals surface area contributed by atoms with Gasteiger partial charge in [0.2, 0.25) is 11.9 Å². The van der Waals surface area contributed by atoms with Crippen molar-refractivity contribution in [1.29, 1.82) is 0 Å². The maximum absolute atomic E-state index is 5.13. The van der Waals surface area contributed by atoms with E-state index in [1.807, 2.05) is 0 Å². The summed E-state index contributed by atoms with van der Waals surface area (Å²) in [6.07, 6.45) is 1.18. The highest BCUT2D eigenvalue weighted by atomic mass is 16.5. The molecule has 1 aromatic heterocycles. The van der Waals surface area contributed by atoms with Crippen LogP contribution in [0.25, 0.3) is 0 Å². The minimum Gasteiger partial charge on any atom is -0.467 e. The summed E-state index contributed by atoms with van der Waals surface area (Å²) < 4.78 is 5.13. The van der Waals surface area contributed by atoms with Gasteiger partial charge < -0.3 is 15.0 Å². The Morgan fingerprint density at radius 3 is 2.45 bits per heavy atom. The fraction of sp³-hybridized carbons (Fsp3) is 0.769. The number of anilines is 2. The van der Waals surface area contributed by atoms with Crippen LogP contribution in [0.2, 0.25) is 0 Å². The minimum atomic E-state index is 0.351. The molecule has 1 aliphatic rings. The lowest BCUT2D eigenvalue weighted by Gasteiger charge is -2.37. The Hall–Kier alpha value is -1.63. The Bertz CT molecular complexity index is 411. The van der Waals surface area contributed by atoms with Crippen LogP contribution < -0.4 is 15.0 Å². The molecule has 0 spiro atoms. The van der Waals surface area contributed by atoms with Gasteiger partial charge in [-0.05, 0) is 13.3 Å². The molecule has 7 heteroatoms. The highest BCUT2D eigenvalue weighted by Gasteiger charge is 2.22. The van der Waals surface area contributed by atoms with Crippen LogP contribution in [0.15, 0.2) is 0 Å². The normalized spacial score (nSPS) is 17.9. The summed E-state index contributed by atoms with van der Waals surface area (Å²) in [7, 11) is 3.36. The first-order chi connectivity index (χ1) is 9.67. The zero-order valence-corrected chi connectivity index (χ0v) is 12.8. The summed E-state index contributed by atoms with van der Waals surface area (Å²) in [4.78, 5) is 17.6. The Kier molecular flexibility index (Phi) is 4.94. The second-order valence-corrected chi connectivity index (χ2v) is 4.98. The fourth-order valence-electron chi connectivity index (χ4n) is 2.31. The molecule has 1 aromatic rings. The number of ether oxygens (including phenoxy) is 1. The van der Waals surface area contributed by atoms with Crippen molar-refractivity contribution in [3.8, 4) is 6.01 Å². The molecule has 112 valence electrons. The van der Waals surface area contributed by atoms with Crippen LogP contribution in [0.5, 0.6) is 6.01 Å². The summed E-state index contributed by atoms with van der Waals surface area (Å²) in [6.45, 7) is 8.45. The maximum Gasteiger partial charge on any atom is 0.322 e. The zero-order chi connectivity index (χ0) is 14.5. The molecule has 0 amide bonds. The Balaban J connectivity index is 2.06. The molecule has 1 saturated heterocycles. The van der Waals surface area contributed by atoms with Gasteiger partial charge in [0.25, 0.3) is 0 Å². The molecular weight excluding hydrogens is 256 g/mol. The number of rotatable bonds is 5. The van der Waals surface area contributed by atoms with E-state index in [2.05, 4.69) is 43.9 Å². The molecule has 0 aromatic carbocycles. The molecule has 0 aliphatic carbocycles. The van der Waals surface area contributed by atoms with Crippen molar-refractivity contribution in [2.75, 3.05) is 50.6 Å². The van der Waals surface area contributed by atoms with E-state index in [9.17, 15) is 0 Å².